The smallest absolute Gasteiger partial charge is 0.331 e. The van der Waals surface area contributed by atoms with Crippen LogP contribution in [0.5, 0.6) is 0 Å². The summed E-state index contributed by atoms with van der Waals surface area (Å²) in [6, 6.07) is 5.91. The number of esters is 1. The highest BCUT2D eigenvalue weighted by Crippen LogP contribution is 2.61. The van der Waals surface area contributed by atoms with Crippen LogP contribution in [0.1, 0.15) is 51.0 Å². The van der Waals surface area contributed by atoms with Crippen LogP contribution >= 0.6 is 0 Å². The van der Waals surface area contributed by atoms with Crippen molar-refractivity contribution in [2.75, 3.05) is 6.61 Å². The number of rotatable bonds is 7. The first-order valence-corrected chi connectivity index (χ1v) is 10.7. The third-order valence-electron chi connectivity index (χ3n) is 7.24. The molecule has 30 heavy (non-hydrogen) atoms. The molecule has 0 aliphatic heterocycles. The average molecular weight is 412 g/mol. The number of hydrogen-bond donors (Lipinski definition) is 1. The van der Waals surface area contributed by atoms with Gasteiger partial charge in [0.25, 0.3) is 11.6 Å². The summed E-state index contributed by atoms with van der Waals surface area (Å²) in [6.07, 6.45) is 10.4. The molecule has 160 valence electrons. The molecule has 7 nitrogen and oxygen atoms in total. The van der Waals surface area contributed by atoms with E-state index in [0.717, 1.165) is 17.8 Å². The summed E-state index contributed by atoms with van der Waals surface area (Å²) in [5.41, 5.74) is 0.835. The highest BCUT2D eigenvalue weighted by Gasteiger charge is 2.53. The number of hydrogen-bond acceptors (Lipinski definition) is 5. The molecule has 4 aliphatic rings. The second kappa shape index (κ2) is 8.20. The van der Waals surface area contributed by atoms with Gasteiger partial charge in [-0.3, -0.25) is 14.9 Å². The molecule has 4 fully saturated rings. The van der Waals surface area contributed by atoms with Crippen LogP contribution in [0.25, 0.3) is 6.08 Å². The molecule has 7 heteroatoms. The number of nitrogens with one attached hydrogen (secondary N) is 1. The Morgan fingerprint density at radius 3 is 2.27 bits per heavy atom. The summed E-state index contributed by atoms with van der Waals surface area (Å²) in [6.45, 7) is 1.79. The first-order chi connectivity index (χ1) is 14.3. The summed E-state index contributed by atoms with van der Waals surface area (Å²) in [5.74, 6) is 1.57. The van der Waals surface area contributed by atoms with Gasteiger partial charge in [-0.05, 0) is 92.4 Å². The van der Waals surface area contributed by atoms with Gasteiger partial charge >= 0.3 is 5.97 Å². The van der Waals surface area contributed by atoms with Crippen LogP contribution in [0.4, 0.5) is 5.69 Å². The van der Waals surface area contributed by atoms with Gasteiger partial charge in [0.15, 0.2) is 6.61 Å². The maximum absolute atomic E-state index is 12.4. The molecule has 5 rings (SSSR count). The second-order valence-corrected chi connectivity index (χ2v) is 9.36. The molecule has 1 aromatic carbocycles. The summed E-state index contributed by atoms with van der Waals surface area (Å²) < 4.78 is 5.06. The van der Waals surface area contributed by atoms with E-state index in [0.29, 0.717) is 5.56 Å². The first-order valence-electron chi connectivity index (χ1n) is 10.7. The lowest BCUT2D eigenvalue weighted by atomic mass is 9.48. The Labute approximate surface area is 176 Å². The molecule has 4 aliphatic carbocycles. The Bertz CT molecular complexity index is 826. The molecule has 0 aromatic heterocycles. The molecule has 1 amide bonds. The molecular formula is C23H28N2O5. The Morgan fingerprint density at radius 2 is 1.73 bits per heavy atom. The molecule has 1 N–H and O–H groups in total. The van der Waals surface area contributed by atoms with E-state index >= 15 is 0 Å². The second-order valence-electron chi connectivity index (χ2n) is 9.36. The number of non-ortho nitro benzene ring substituents is 1. The Kier molecular flexibility index (Phi) is 5.62. The van der Waals surface area contributed by atoms with Crippen molar-refractivity contribution in [3.63, 3.8) is 0 Å². The number of nitrogens with zero attached hydrogens (tertiary/aromatic N) is 1. The van der Waals surface area contributed by atoms with Crippen molar-refractivity contribution in [1.82, 2.24) is 5.32 Å². The normalized spacial score (nSPS) is 30.2. The van der Waals surface area contributed by atoms with E-state index in [2.05, 4.69) is 12.2 Å². The standard InChI is InChI=1S/C23H28N2O5/c1-15(23-11-17-8-18(12-23)10-19(9-17)13-23)24-21(26)14-30-22(27)7-4-16-2-5-20(6-3-16)25(28)29/h2-7,15,17-19H,8-14H2,1H3,(H,24,26)/b7-4+/t15-,17?,18?,19?,23?/m1/s1. The minimum Gasteiger partial charge on any atom is -0.452 e. The maximum Gasteiger partial charge on any atom is 0.331 e. The van der Waals surface area contributed by atoms with Crippen LogP contribution in [-0.2, 0) is 14.3 Å². The fraction of sp³-hybridized carbons (Fsp3) is 0.565. The zero-order valence-electron chi connectivity index (χ0n) is 17.2. The highest BCUT2D eigenvalue weighted by molar-refractivity contribution is 5.89. The zero-order chi connectivity index (χ0) is 21.3. The van der Waals surface area contributed by atoms with Crippen LogP contribution in [0.3, 0.4) is 0 Å². The minimum absolute atomic E-state index is 0.0143. The van der Waals surface area contributed by atoms with E-state index in [9.17, 15) is 19.7 Å². The number of ether oxygens (including phenoxy) is 1. The molecule has 0 heterocycles. The lowest BCUT2D eigenvalue weighted by Gasteiger charge is -2.59. The van der Waals surface area contributed by atoms with Crippen molar-refractivity contribution < 1.29 is 19.2 Å². The largest absolute Gasteiger partial charge is 0.452 e. The predicted octanol–water partition coefficient (Wildman–Crippen LogP) is 3.87. The van der Waals surface area contributed by atoms with E-state index < -0.39 is 10.9 Å². The van der Waals surface area contributed by atoms with Crippen LogP contribution < -0.4 is 5.32 Å². The number of carbonyl (C=O) groups is 2. The van der Waals surface area contributed by atoms with Crippen molar-refractivity contribution in [2.45, 2.75) is 51.5 Å². The lowest BCUT2D eigenvalue weighted by Crippen LogP contribution is -2.56. The summed E-state index contributed by atoms with van der Waals surface area (Å²) >= 11 is 0. The quantitative estimate of drug-likeness (QED) is 0.317. The van der Waals surface area contributed by atoms with Gasteiger partial charge in [-0.15, -0.1) is 0 Å². The molecule has 1 aromatic rings. The van der Waals surface area contributed by atoms with Crippen molar-refractivity contribution >= 4 is 23.6 Å². The van der Waals surface area contributed by atoms with Crippen molar-refractivity contribution in [3.8, 4) is 0 Å². The average Bonchev–Trinajstić information content (AvgIpc) is 2.70. The predicted molar refractivity (Wildman–Crippen MR) is 111 cm³/mol. The maximum atomic E-state index is 12.4. The van der Waals surface area contributed by atoms with Gasteiger partial charge in [0, 0.05) is 24.3 Å². The summed E-state index contributed by atoms with van der Waals surface area (Å²) in [4.78, 5) is 34.4. The number of nitro groups is 1. The van der Waals surface area contributed by atoms with E-state index in [4.69, 9.17) is 4.74 Å². The van der Waals surface area contributed by atoms with Gasteiger partial charge in [0.05, 0.1) is 4.92 Å². The SMILES string of the molecule is C[C@@H](NC(=O)COC(=O)/C=C/c1ccc([N+](=O)[O-])cc1)C12CC3CC(CC(C3)C1)C2. The third-order valence-corrected chi connectivity index (χ3v) is 7.24. The van der Waals surface area contributed by atoms with Crippen LogP contribution in [-0.4, -0.2) is 29.4 Å². The van der Waals surface area contributed by atoms with Crippen LogP contribution in [0.2, 0.25) is 0 Å². The molecule has 0 radical (unpaired) electrons. The molecular weight excluding hydrogens is 384 g/mol. The molecule has 4 bridgehead atoms. The van der Waals surface area contributed by atoms with Gasteiger partial charge in [-0.2, -0.15) is 0 Å². The van der Waals surface area contributed by atoms with Gasteiger partial charge in [-0.25, -0.2) is 4.79 Å². The van der Waals surface area contributed by atoms with Crippen LogP contribution in [0, 0.1) is 33.3 Å². The van der Waals surface area contributed by atoms with E-state index in [1.54, 1.807) is 12.1 Å². The fourth-order valence-electron chi connectivity index (χ4n) is 6.20. The van der Waals surface area contributed by atoms with Gasteiger partial charge < -0.3 is 10.1 Å². The lowest BCUT2D eigenvalue weighted by molar-refractivity contribution is -0.384. The number of carbonyl (C=O) groups excluding carboxylic acids is 2. The number of amides is 1. The van der Waals surface area contributed by atoms with Gasteiger partial charge in [0.2, 0.25) is 0 Å². The Hall–Kier alpha value is -2.70. The van der Waals surface area contributed by atoms with Crippen molar-refractivity contribution in [1.29, 1.82) is 0 Å². The van der Waals surface area contributed by atoms with E-state index in [-0.39, 0.29) is 29.7 Å². The van der Waals surface area contributed by atoms with Gasteiger partial charge in [0.1, 0.15) is 0 Å². The molecule has 0 unspecified atom stereocenters. The molecule has 0 spiro atoms. The van der Waals surface area contributed by atoms with Crippen molar-refractivity contribution in [2.24, 2.45) is 23.2 Å². The van der Waals surface area contributed by atoms with E-state index in [1.165, 1.54) is 62.8 Å². The highest BCUT2D eigenvalue weighted by atomic mass is 16.6. The monoisotopic (exact) mass is 412 g/mol. The number of nitro benzene ring substituents is 1. The van der Waals surface area contributed by atoms with Crippen LogP contribution in [0.15, 0.2) is 30.3 Å². The fourth-order valence-corrected chi connectivity index (χ4v) is 6.20. The zero-order valence-corrected chi connectivity index (χ0v) is 17.2. The third kappa shape index (κ3) is 4.40. The summed E-state index contributed by atoms with van der Waals surface area (Å²) in [7, 11) is 0. The Balaban J connectivity index is 1.24. The molecule has 1 atom stereocenters. The minimum atomic E-state index is -0.619. The van der Waals surface area contributed by atoms with Gasteiger partial charge in [-0.1, -0.05) is 0 Å². The number of benzene rings is 1. The molecule has 0 saturated heterocycles. The topological polar surface area (TPSA) is 98.5 Å². The molecule has 4 saturated carbocycles. The summed E-state index contributed by atoms with van der Waals surface area (Å²) in [5, 5.41) is 13.7. The van der Waals surface area contributed by atoms with E-state index in [1.807, 2.05) is 0 Å². The first kappa shape index (κ1) is 20.6. The van der Waals surface area contributed by atoms with Crippen molar-refractivity contribution in [3.05, 3.63) is 46.0 Å². The Morgan fingerprint density at radius 1 is 1.17 bits per heavy atom.